The number of rotatable bonds is 4. The van der Waals surface area contributed by atoms with E-state index in [2.05, 4.69) is 0 Å². The first kappa shape index (κ1) is 19.0. The molecule has 0 saturated heterocycles. The molecule has 0 amide bonds. The van der Waals surface area contributed by atoms with E-state index in [1.807, 2.05) is 42.5 Å². The van der Waals surface area contributed by atoms with Gasteiger partial charge in [0, 0.05) is 10.9 Å². The van der Waals surface area contributed by atoms with Crippen molar-refractivity contribution in [2.45, 2.75) is 0 Å². The Labute approximate surface area is 327 Å². The van der Waals surface area contributed by atoms with Gasteiger partial charge in [-0.25, -0.2) is 0 Å². The van der Waals surface area contributed by atoms with Crippen molar-refractivity contribution >= 4 is 43.1 Å². The molecule has 0 aromatic heterocycles. The Kier molecular flexibility index (Phi) is 4.24. The van der Waals surface area contributed by atoms with Crippen molar-refractivity contribution < 1.29 is 23.9 Å². The number of hydrogen-bond acceptors (Lipinski definition) is 1. The van der Waals surface area contributed by atoms with E-state index in [1.165, 1.54) is 0 Å². The molecule has 1 aliphatic heterocycles. The Morgan fingerprint density at radius 3 is 1.77 bits per heavy atom. The molecule has 0 radical (unpaired) electrons. The number of hydrogen-bond donors (Lipinski definition) is 0. The number of ether oxygens (including phenoxy) is 1. The third-order valence-corrected chi connectivity index (χ3v) is 10.1. The first-order valence-corrected chi connectivity index (χ1v) is 17.1. The van der Waals surface area contributed by atoms with Gasteiger partial charge in [-0.1, -0.05) is 176 Å². The third kappa shape index (κ3) is 4.64. The van der Waals surface area contributed by atoms with Crippen LogP contribution in [0.25, 0.3) is 98.7 Å². The predicted molar refractivity (Wildman–Crippen MR) is 224 cm³/mol. The average Bonchev–Trinajstić information content (AvgIpc) is 3.34. The summed E-state index contributed by atoms with van der Waals surface area (Å²) >= 11 is 0. The highest BCUT2D eigenvalue weighted by atomic mass is 16.5. The maximum Gasteiger partial charge on any atom is 0.135 e. The average molecular weight is 687 g/mol. The first-order chi connectivity index (χ1) is 32.1. The third-order valence-electron chi connectivity index (χ3n) is 10.1. The van der Waals surface area contributed by atoms with E-state index in [0.717, 1.165) is 5.39 Å². The Bertz CT molecular complexity index is 3810. The molecule has 0 atom stereocenters. The molecule has 0 aliphatic carbocycles. The fraction of sp³-hybridized carbons (Fsp3) is 0. The molecule has 246 valence electrons. The topological polar surface area (TPSA) is 9.23 Å². The second-order valence-corrected chi connectivity index (χ2v) is 12.9. The predicted octanol–water partition coefficient (Wildman–Crippen LogP) is 14.7. The standard InChI is InChI=1S/C52H32O/c1-3-12-34(13-4-1)39-29-31-48-51-41(39)20-11-21-44(51)46-32-38(27-30-47(46)53-48)33-22-24-37(25-23-33)49-42-18-9-10-19-43(42)50(36-15-5-2-6-16-36)52-40-17-8-7-14-35(40)26-28-45(49)52/h1-32H/i1D,2D,3D,4D,5D,6D,12D,13D,15D,16D,22D,23D,24D,25D. The second kappa shape index (κ2) is 11.8. The zero-order valence-corrected chi connectivity index (χ0v) is 27.8. The molecule has 10 aromatic rings. The van der Waals surface area contributed by atoms with Crippen LogP contribution in [-0.2, 0) is 0 Å². The highest BCUT2D eigenvalue weighted by molar-refractivity contribution is 6.28. The molecule has 0 N–H and O–H groups in total. The van der Waals surface area contributed by atoms with Gasteiger partial charge in [0.2, 0.25) is 0 Å². The van der Waals surface area contributed by atoms with Gasteiger partial charge in [-0.15, -0.1) is 0 Å². The minimum Gasteiger partial charge on any atom is -0.456 e. The summed E-state index contributed by atoms with van der Waals surface area (Å²) in [6.07, 6.45) is 0. The van der Waals surface area contributed by atoms with Crippen molar-refractivity contribution in [2.24, 2.45) is 0 Å². The van der Waals surface area contributed by atoms with E-state index >= 15 is 0 Å². The first-order valence-electron chi connectivity index (χ1n) is 24.1. The van der Waals surface area contributed by atoms with Crippen LogP contribution in [0.2, 0.25) is 0 Å². The zero-order valence-electron chi connectivity index (χ0n) is 41.8. The van der Waals surface area contributed by atoms with Crippen LogP contribution in [0.5, 0.6) is 11.5 Å². The molecule has 0 spiro atoms. The van der Waals surface area contributed by atoms with Crippen LogP contribution in [0.4, 0.5) is 0 Å². The lowest BCUT2D eigenvalue weighted by atomic mass is 9.84. The van der Waals surface area contributed by atoms with Crippen molar-refractivity contribution in [2.75, 3.05) is 0 Å². The van der Waals surface area contributed by atoms with Crippen LogP contribution in [-0.4, -0.2) is 0 Å². The summed E-state index contributed by atoms with van der Waals surface area (Å²) in [5.41, 5.74) is 3.00. The van der Waals surface area contributed by atoms with Crippen molar-refractivity contribution in [3.05, 3.63) is 194 Å². The summed E-state index contributed by atoms with van der Waals surface area (Å²) < 4.78 is 131. The summed E-state index contributed by atoms with van der Waals surface area (Å²) in [4.78, 5) is 0. The normalized spacial score (nSPS) is 15.6. The second-order valence-electron chi connectivity index (χ2n) is 12.9. The summed E-state index contributed by atoms with van der Waals surface area (Å²) in [5.74, 6) is 0.955. The van der Waals surface area contributed by atoms with Crippen molar-refractivity contribution in [1.29, 1.82) is 0 Å². The Balaban J connectivity index is 1.14. The molecule has 1 nitrogen and oxygen atoms in total. The largest absolute Gasteiger partial charge is 0.456 e. The molecule has 10 aromatic carbocycles. The van der Waals surface area contributed by atoms with Gasteiger partial charge in [0.1, 0.15) is 11.5 Å². The Hall–Kier alpha value is -6.96. The fourth-order valence-electron chi connectivity index (χ4n) is 7.82. The minimum atomic E-state index is -0.521. The van der Waals surface area contributed by atoms with Gasteiger partial charge in [0.25, 0.3) is 0 Å². The van der Waals surface area contributed by atoms with Crippen molar-refractivity contribution in [3.63, 3.8) is 0 Å². The lowest BCUT2D eigenvalue weighted by Gasteiger charge is -2.23. The quantitative estimate of drug-likeness (QED) is 0.132. The molecule has 1 heteroatoms. The van der Waals surface area contributed by atoms with Crippen LogP contribution in [0.15, 0.2) is 194 Å². The van der Waals surface area contributed by atoms with E-state index in [4.69, 9.17) is 18.4 Å². The molecular formula is C52H32O. The lowest BCUT2D eigenvalue weighted by Crippen LogP contribution is -1.98. The molecule has 0 fully saturated rings. The highest BCUT2D eigenvalue weighted by Crippen LogP contribution is 2.50. The molecule has 53 heavy (non-hydrogen) atoms. The van der Waals surface area contributed by atoms with Gasteiger partial charge < -0.3 is 4.74 Å². The highest BCUT2D eigenvalue weighted by Gasteiger charge is 2.23. The van der Waals surface area contributed by atoms with Gasteiger partial charge in [-0.2, -0.15) is 0 Å². The van der Waals surface area contributed by atoms with Crippen LogP contribution >= 0.6 is 0 Å². The van der Waals surface area contributed by atoms with Gasteiger partial charge in [-0.3, -0.25) is 0 Å². The van der Waals surface area contributed by atoms with Crippen molar-refractivity contribution in [3.8, 4) is 67.1 Å². The van der Waals surface area contributed by atoms with Crippen LogP contribution in [0.1, 0.15) is 19.2 Å². The molecule has 1 heterocycles. The summed E-state index contributed by atoms with van der Waals surface area (Å²) in [6.45, 7) is 0. The maximum atomic E-state index is 9.69. The van der Waals surface area contributed by atoms with Gasteiger partial charge in [0.05, 0.1) is 19.2 Å². The fourth-order valence-corrected chi connectivity index (χ4v) is 7.82. The van der Waals surface area contributed by atoms with E-state index in [9.17, 15) is 5.48 Å². The molecular weight excluding hydrogens is 641 g/mol. The molecule has 0 bridgehead atoms. The summed E-state index contributed by atoms with van der Waals surface area (Å²) in [6, 6.07) is 26.8. The lowest BCUT2D eigenvalue weighted by molar-refractivity contribution is 0.487. The van der Waals surface area contributed by atoms with Crippen LogP contribution < -0.4 is 4.74 Å². The monoisotopic (exact) mass is 686 g/mol. The zero-order chi connectivity index (χ0) is 47.1. The Morgan fingerprint density at radius 2 is 0.981 bits per heavy atom. The van der Waals surface area contributed by atoms with Crippen LogP contribution in [0.3, 0.4) is 0 Å². The summed E-state index contributed by atoms with van der Waals surface area (Å²) in [5, 5.41) is 4.76. The molecule has 11 rings (SSSR count). The number of fused-ring (bicyclic) bond motifs is 6. The van der Waals surface area contributed by atoms with Gasteiger partial charge >= 0.3 is 0 Å². The Morgan fingerprint density at radius 1 is 0.340 bits per heavy atom. The smallest absolute Gasteiger partial charge is 0.135 e. The molecule has 0 unspecified atom stereocenters. The van der Waals surface area contributed by atoms with E-state index in [-0.39, 0.29) is 70.6 Å². The van der Waals surface area contributed by atoms with Crippen LogP contribution in [0, 0.1) is 0 Å². The van der Waals surface area contributed by atoms with E-state index in [1.54, 1.807) is 66.7 Å². The van der Waals surface area contributed by atoms with Gasteiger partial charge in [-0.05, 0) is 106 Å². The minimum absolute atomic E-state index is 0.00464. The number of benzene rings is 10. The SMILES string of the molecule is [2H]c1c([2H])c([2H])c(-c2ccc3c4c(cccc24)-c2cc(-c4c([2H])c([2H])c(-c5c6ccccc6c(-c6c([2H])c([2H])c([2H])c([2H])c6[2H])c6c5ccc5ccccc56)c([2H])c4[2H])ccc2O3)c([2H])c1[2H]. The maximum absolute atomic E-state index is 9.69. The van der Waals surface area contributed by atoms with Crippen molar-refractivity contribution in [1.82, 2.24) is 0 Å². The van der Waals surface area contributed by atoms with E-state index < -0.39 is 36.3 Å². The summed E-state index contributed by atoms with van der Waals surface area (Å²) in [7, 11) is 0. The molecule has 1 aliphatic rings. The van der Waals surface area contributed by atoms with E-state index in [0.29, 0.717) is 82.6 Å². The van der Waals surface area contributed by atoms with Gasteiger partial charge in [0.15, 0.2) is 0 Å². The molecule has 0 saturated carbocycles.